The average Bonchev–Trinajstić information content (AvgIpc) is 2.47. The van der Waals surface area contributed by atoms with Crippen LogP contribution in [0.15, 0.2) is 45.3 Å². The molecule has 0 aliphatic rings. The second-order valence-corrected chi connectivity index (χ2v) is 6.72. The first kappa shape index (κ1) is 19.1. The van der Waals surface area contributed by atoms with Crippen LogP contribution in [-0.2, 0) is 11.0 Å². The molecule has 0 bridgehead atoms. The Kier molecular flexibility index (Phi) is 6.17. The number of alkyl halides is 3. The molecule has 0 saturated heterocycles. The van der Waals surface area contributed by atoms with Crippen molar-refractivity contribution in [1.29, 1.82) is 0 Å². The van der Waals surface area contributed by atoms with E-state index in [0.29, 0.717) is 14.7 Å². The molecule has 9 heteroatoms. The Hall–Kier alpha value is -1.25. The van der Waals surface area contributed by atoms with Crippen molar-refractivity contribution in [3.05, 3.63) is 55.9 Å². The number of ether oxygens (including phenoxy) is 1. The number of hydrogen-bond acceptors (Lipinski definition) is 2. The van der Waals surface area contributed by atoms with Crippen molar-refractivity contribution in [1.82, 2.24) is 0 Å². The van der Waals surface area contributed by atoms with Crippen LogP contribution in [0, 0.1) is 0 Å². The number of halogens is 6. The van der Waals surface area contributed by atoms with Gasteiger partial charge in [-0.05, 0) is 62.2 Å². The maximum atomic E-state index is 13.0. The van der Waals surface area contributed by atoms with Gasteiger partial charge in [-0.25, -0.2) is 0 Å². The Morgan fingerprint density at radius 2 is 1.79 bits per heavy atom. The third kappa shape index (κ3) is 4.87. The number of rotatable bonds is 4. The smallest absolute Gasteiger partial charge is 0.418 e. The highest BCUT2D eigenvalue weighted by Crippen LogP contribution is 2.36. The van der Waals surface area contributed by atoms with Gasteiger partial charge in [0.1, 0.15) is 5.75 Å². The van der Waals surface area contributed by atoms with E-state index in [2.05, 4.69) is 37.2 Å². The van der Waals surface area contributed by atoms with Crippen molar-refractivity contribution in [3.8, 4) is 5.75 Å². The molecule has 0 unspecified atom stereocenters. The summed E-state index contributed by atoms with van der Waals surface area (Å²) >= 11 is 12.1. The van der Waals surface area contributed by atoms with Crippen LogP contribution in [0.5, 0.6) is 5.75 Å². The lowest BCUT2D eigenvalue weighted by Gasteiger charge is -2.15. The molecule has 128 valence electrons. The summed E-state index contributed by atoms with van der Waals surface area (Å²) in [7, 11) is 0. The lowest BCUT2D eigenvalue weighted by atomic mass is 10.1. The van der Waals surface area contributed by atoms with Gasteiger partial charge in [0.2, 0.25) is 0 Å². The largest absolute Gasteiger partial charge is 0.481 e. The van der Waals surface area contributed by atoms with Crippen LogP contribution in [0.1, 0.15) is 5.56 Å². The van der Waals surface area contributed by atoms with E-state index >= 15 is 0 Å². The number of para-hydroxylation sites is 1. The molecule has 0 fully saturated rings. The van der Waals surface area contributed by atoms with Gasteiger partial charge < -0.3 is 10.1 Å². The molecule has 2 rings (SSSR count). The molecule has 0 aromatic heterocycles. The van der Waals surface area contributed by atoms with Gasteiger partial charge in [0.25, 0.3) is 5.91 Å². The average molecular weight is 487 g/mol. The fraction of sp³-hybridized carbons (Fsp3) is 0.133. The molecule has 1 amide bonds. The number of hydrogen-bond donors (Lipinski definition) is 1. The van der Waals surface area contributed by atoms with Crippen molar-refractivity contribution in [2.24, 2.45) is 0 Å². The van der Waals surface area contributed by atoms with E-state index in [0.717, 1.165) is 12.1 Å². The molecular formula is C15H9Br2ClF3NO2. The number of carbonyl (C=O) groups excluding carboxylic acids is 1. The van der Waals surface area contributed by atoms with E-state index in [1.807, 2.05) is 0 Å². The molecule has 0 aliphatic carbocycles. The monoisotopic (exact) mass is 485 g/mol. The van der Waals surface area contributed by atoms with Crippen molar-refractivity contribution in [3.63, 3.8) is 0 Å². The predicted octanol–water partition coefficient (Wildman–Crippen LogP) is 5.90. The number of nitrogens with one attached hydrogen (secondary N) is 1. The molecule has 0 saturated carbocycles. The number of anilines is 1. The van der Waals surface area contributed by atoms with E-state index in [1.165, 1.54) is 6.07 Å². The molecule has 2 aromatic rings. The predicted molar refractivity (Wildman–Crippen MR) is 92.4 cm³/mol. The van der Waals surface area contributed by atoms with Crippen LogP contribution in [0.4, 0.5) is 18.9 Å². The maximum absolute atomic E-state index is 13.0. The number of carbonyl (C=O) groups is 1. The molecule has 0 atom stereocenters. The highest BCUT2D eigenvalue weighted by molar-refractivity contribution is 9.11. The molecule has 1 N–H and O–H groups in total. The van der Waals surface area contributed by atoms with Gasteiger partial charge in [-0.2, -0.15) is 13.2 Å². The third-order valence-corrected chi connectivity index (χ3v) is 4.31. The van der Waals surface area contributed by atoms with Crippen LogP contribution in [0.3, 0.4) is 0 Å². The zero-order chi connectivity index (χ0) is 17.9. The van der Waals surface area contributed by atoms with E-state index in [-0.39, 0.29) is 10.7 Å². The Balaban J connectivity index is 2.11. The molecule has 0 aliphatic heterocycles. The first-order valence-corrected chi connectivity index (χ1v) is 8.38. The summed E-state index contributed by atoms with van der Waals surface area (Å²) in [6.07, 6.45) is -4.64. The van der Waals surface area contributed by atoms with Crippen LogP contribution in [-0.4, -0.2) is 12.5 Å². The fourth-order valence-electron chi connectivity index (χ4n) is 1.80. The molecular weight excluding hydrogens is 478 g/mol. The Morgan fingerprint density at radius 3 is 2.38 bits per heavy atom. The van der Waals surface area contributed by atoms with Crippen LogP contribution < -0.4 is 10.1 Å². The van der Waals surface area contributed by atoms with E-state index < -0.39 is 24.3 Å². The van der Waals surface area contributed by atoms with Gasteiger partial charge in [-0.15, -0.1) is 0 Å². The van der Waals surface area contributed by atoms with Gasteiger partial charge >= 0.3 is 6.18 Å². The van der Waals surface area contributed by atoms with Crippen LogP contribution >= 0.6 is 43.5 Å². The minimum Gasteiger partial charge on any atom is -0.481 e. The normalized spacial score (nSPS) is 11.2. The molecule has 0 spiro atoms. The van der Waals surface area contributed by atoms with Crippen molar-refractivity contribution in [2.75, 3.05) is 11.9 Å². The second kappa shape index (κ2) is 7.76. The topological polar surface area (TPSA) is 38.3 Å². The lowest BCUT2D eigenvalue weighted by molar-refractivity contribution is -0.137. The first-order valence-electron chi connectivity index (χ1n) is 6.42. The Bertz CT molecular complexity index is 749. The van der Waals surface area contributed by atoms with Crippen molar-refractivity contribution < 1.29 is 22.7 Å². The maximum Gasteiger partial charge on any atom is 0.418 e. The van der Waals surface area contributed by atoms with Gasteiger partial charge in [0.05, 0.1) is 20.2 Å². The second-order valence-electron chi connectivity index (χ2n) is 4.58. The number of benzene rings is 2. The highest BCUT2D eigenvalue weighted by Gasteiger charge is 2.34. The van der Waals surface area contributed by atoms with Gasteiger partial charge in [0, 0.05) is 5.02 Å². The van der Waals surface area contributed by atoms with Crippen molar-refractivity contribution in [2.45, 2.75) is 6.18 Å². The van der Waals surface area contributed by atoms with E-state index in [4.69, 9.17) is 16.3 Å². The van der Waals surface area contributed by atoms with Crippen LogP contribution in [0.25, 0.3) is 0 Å². The fourth-order valence-corrected chi connectivity index (χ4v) is 3.20. The molecule has 2 aromatic carbocycles. The van der Waals surface area contributed by atoms with E-state index in [1.54, 1.807) is 18.2 Å². The summed E-state index contributed by atoms with van der Waals surface area (Å²) in [5.74, 6) is -0.356. The number of amides is 1. The van der Waals surface area contributed by atoms with Crippen molar-refractivity contribution >= 4 is 55.1 Å². The summed E-state index contributed by atoms with van der Waals surface area (Å²) in [5, 5.41) is 2.11. The summed E-state index contributed by atoms with van der Waals surface area (Å²) in [5.41, 5.74) is -1.41. The quantitative estimate of drug-likeness (QED) is 0.583. The molecule has 24 heavy (non-hydrogen) atoms. The summed E-state index contributed by atoms with van der Waals surface area (Å²) in [6, 6.07) is 8.28. The first-order chi connectivity index (χ1) is 11.2. The summed E-state index contributed by atoms with van der Waals surface area (Å²) in [6.45, 7) is -0.457. The van der Waals surface area contributed by atoms with E-state index in [9.17, 15) is 18.0 Å². The minimum absolute atomic E-state index is 0.0753. The van der Waals surface area contributed by atoms with Gasteiger partial charge in [-0.3, -0.25) is 4.79 Å². The van der Waals surface area contributed by atoms with Gasteiger partial charge in [0.15, 0.2) is 6.61 Å². The highest BCUT2D eigenvalue weighted by atomic mass is 79.9. The molecule has 0 radical (unpaired) electrons. The zero-order valence-electron chi connectivity index (χ0n) is 11.8. The standard InChI is InChI=1S/C15H9Br2ClF3NO2/c16-10-2-1-3-11(17)14(10)24-7-13(23)22-12-5-4-8(18)6-9(12)15(19,20)21/h1-6H,7H2,(H,22,23). The molecule has 3 nitrogen and oxygen atoms in total. The minimum atomic E-state index is -4.64. The Morgan fingerprint density at radius 1 is 1.17 bits per heavy atom. The Labute approximate surface area is 157 Å². The SMILES string of the molecule is O=C(COc1c(Br)cccc1Br)Nc1ccc(Cl)cc1C(F)(F)F. The van der Waals surface area contributed by atoms with Gasteiger partial charge in [-0.1, -0.05) is 17.7 Å². The summed E-state index contributed by atoms with van der Waals surface area (Å²) < 4.78 is 45.5. The lowest BCUT2D eigenvalue weighted by Crippen LogP contribution is -2.22. The van der Waals surface area contributed by atoms with Crippen LogP contribution in [0.2, 0.25) is 5.02 Å². The molecule has 0 heterocycles. The third-order valence-electron chi connectivity index (χ3n) is 2.83. The zero-order valence-corrected chi connectivity index (χ0v) is 15.7. The summed E-state index contributed by atoms with van der Waals surface area (Å²) in [4.78, 5) is 11.9.